The first-order chi connectivity index (χ1) is 9.10. The van der Waals surface area contributed by atoms with Crippen LogP contribution in [0.5, 0.6) is 5.75 Å². The molecule has 0 aliphatic rings. The maximum atomic E-state index is 13.0. The molecule has 0 atom stereocenters. The third-order valence-electron chi connectivity index (χ3n) is 2.37. The van der Waals surface area contributed by atoms with Crippen molar-refractivity contribution in [2.45, 2.75) is 0 Å². The SMILES string of the molecule is COc1cc(F)ccc1NC(=O)c1cc(Cl)ccn1. The molecule has 19 heavy (non-hydrogen) atoms. The fourth-order valence-corrected chi connectivity index (χ4v) is 1.64. The number of carbonyl (C=O) groups is 1. The fourth-order valence-electron chi connectivity index (χ4n) is 1.48. The first-order valence-electron chi connectivity index (χ1n) is 5.36. The highest BCUT2D eigenvalue weighted by atomic mass is 35.5. The van der Waals surface area contributed by atoms with Crippen LogP contribution in [0, 0.1) is 5.82 Å². The Morgan fingerprint density at radius 1 is 1.37 bits per heavy atom. The number of rotatable bonds is 3. The van der Waals surface area contributed by atoms with E-state index < -0.39 is 11.7 Å². The van der Waals surface area contributed by atoms with E-state index >= 15 is 0 Å². The molecule has 0 saturated heterocycles. The highest BCUT2D eigenvalue weighted by Gasteiger charge is 2.11. The monoisotopic (exact) mass is 280 g/mol. The number of methoxy groups -OCH3 is 1. The number of nitrogens with one attached hydrogen (secondary N) is 1. The van der Waals surface area contributed by atoms with E-state index in [-0.39, 0.29) is 11.4 Å². The van der Waals surface area contributed by atoms with Crippen molar-refractivity contribution in [2.24, 2.45) is 0 Å². The van der Waals surface area contributed by atoms with Crippen LogP contribution in [0.4, 0.5) is 10.1 Å². The number of hydrogen-bond acceptors (Lipinski definition) is 3. The molecule has 1 N–H and O–H groups in total. The van der Waals surface area contributed by atoms with Gasteiger partial charge in [0.1, 0.15) is 17.3 Å². The summed E-state index contributed by atoms with van der Waals surface area (Å²) in [5.41, 5.74) is 0.523. The van der Waals surface area contributed by atoms with Crippen LogP contribution in [0.2, 0.25) is 5.02 Å². The molecular weight excluding hydrogens is 271 g/mol. The van der Waals surface area contributed by atoms with Crippen LogP contribution in [0.1, 0.15) is 10.5 Å². The summed E-state index contributed by atoms with van der Waals surface area (Å²) in [6.45, 7) is 0. The molecule has 1 aromatic heterocycles. The number of ether oxygens (including phenoxy) is 1. The molecule has 0 aliphatic heterocycles. The van der Waals surface area contributed by atoms with E-state index in [4.69, 9.17) is 16.3 Å². The summed E-state index contributed by atoms with van der Waals surface area (Å²) in [4.78, 5) is 15.8. The average Bonchev–Trinajstić information content (AvgIpc) is 2.40. The van der Waals surface area contributed by atoms with Crippen molar-refractivity contribution in [1.29, 1.82) is 0 Å². The Labute approximate surface area is 114 Å². The number of halogens is 2. The Morgan fingerprint density at radius 3 is 2.84 bits per heavy atom. The topological polar surface area (TPSA) is 51.2 Å². The second-order valence-electron chi connectivity index (χ2n) is 3.66. The van der Waals surface area contributed by atoms with E-state index in [0.29, 0.717) is 10.7 Å². The van der Waals surface area contributed by atoms with Gasteiger partial charge in [-0.15, -0.1) is 0 Å². The van der Waals surface area contributed by atoms with E-state index in [0.717, 1.165) is 0 Å². The molecule has 0 radical (unpaired) electrons. The Balaban J connectivity index is 2.24. The zero-order chi connectivity index (χ0) is 13.8. The first kappa shape index (κ1) is 13.3. The third-order valence-corrected chi connectivity index (χ3v) is 2.60. The number of anilines is 1. The standard InChI is InChI=1S/C13H10ClFN2O2/c1-19-12-7-9(15)2-3-10(12)17-13(18)11-6-8(14)4-5-16-11/h2-7H,1H3,(H,17,18). The van der Waals surface area contributed by atoms with Gasteiger partial charge in [-0.1, -0.05) is 11.6 Å². The second-order valence-corrected chi connectivity index (χ2v) is 4.09. The summed E-state index contributed by atoms with van der Waals surface area (Å²) in [6.07, 6.45) is 1.43. The van der Waals surface area contributed by atoms with Gasteiger partial charge in [0.2, 0.25) is 0 Å². The molecule has 2 aromatic rings. The maximum absolute atomic E-state index is 13.0. The van der Waals surface area contributed by atoms with E-state index in [1.165, 1.54) is 37.6 Å². The van der Waals surface area contributed by atoms with Crippen LogP contribution in [0.15, 0.2) is 36.5 Å². The average molecular weight is 281 g/mol. The van der Waals surface area contributed by atoms with Gasteiger partial charge in [0.05, 0.1) is 12.8 Å². The number of hydrogen-bond donors (Lipinski definition) is 1. The lowest BCUT2D eigenvalue weighted by atomic mass is 10.2. The summed E-state index contributed by atoms with van der Waals surface area (Å²) >= 11 is 5.78. The Hall–Kier alpha value is -2.14. The smallest absolute Gasteiger partial charge is 0.274 e. The van der Waals surface area contributed by atoms with Gasteiger partial charge in [-0.3, -0.25) is 9.78 Å². The lowest BCUT2D eigenvalue weighted by Crippen LogP contribution is -2.14. The van der Waals surface area contributed by atoms with E-state index in [2.05, 4.69) is 10.3 Å². The number of benzene rings is 1. The molecule has 1 aromatic carbocycles. The molecule has 0 fully saturated rings. The van der Waals surface area contributed by atoms with E-state index in [9.17, 15) is 9.18 Å². The van der Waals surface area contributed by atoms with Crippen molar-refractivity contribution in [1.82, 2.24) is 4.98 Å². The minimum Gasteiger partial charge on any atom is -0.494 e. The largest absolute Gasteiger partial charge is 0.494 e. The molecule has 2 rings (SSSR count). The van der Waals surface area contributed by atoms with Crippen LogP contribution < -0.4 is 10.1 Å². The molecular formula is C13H10ClFN2O2. The number of nitrogens with zero attached hydrogens (tertiary/aromatic N) is 1. The molecule has 1 amide bonds. The molecule has 0 spiro atoms. The lowest BCUT2D eigenvalue weighted by molar-refractivity contribution is 0.102. The van der Waals surface area contributed by atoms with Crippen molar-refractivity contribution in [3.8, 4) is 5.75 Å². The number of amides is 1. The Kier molecular flexibility index (Phi) is 3.97. The minimum atomic E-state index is -0.451. The van der Waals surface area contributed by atoms with Crippen molar-refractivity contribution in [3.63, 3.8) is 0 Å². The fraction of sp³-hybridized carbons (Fsp3) is 0.0769. The number of aromatic nitrogens is 1. The van der Waals surface area contributed by atoms with E-state index in [1.807, 2.05) is 0 Å². The van der Waals surface area contributed by atoms with E-state index in [1.54, 1.807) is 6.07 Å². The zero-order valence-corrected chi connectivity index (χ0v) is 10.7. The summed E-state index contributed by atoms with van der Waals surface area (Å²) < 4.78 is 18.0. The lowest BCUT2D eigenvalue weighted by Gasteiger charge is -2.09. The zero-order valence-electron chi connectivity index (χ0n) is 9.98. The minimum absolute atomic E-state index is 0.166. The molecule has 0 unspecified atom stereocenters. The molecule has 0 aliphatic carbocycles. The number of pyridine rings is 1. The predicted molar refractivity (Wildman–Crippen MR) is 70.2 cm³/mol. The first-order valence-corrected chi connectivity index (χ1v) is 5.74. The van der Waals surface area contributed by atoms with Gasteiger partial charge >= 0.3 is 0 Å². The van der Waals surface area contributed by atoms with Crippen molar-refractivity contribution in [2.75, 3.05) is 12.4 Å². The second kappa shape index (κ2) is 5.67. The normalized spacial score (nSPS) is 10.1. The Bertz CT molecular complexity index is 619. The molecule has 6 heteroatoms. The molecule has 0 saturated carbocycles. The van der Waals surface area contributed by atoms with Crippen LogP contribution >= 0.6 is 11.6 Å². The van der Waals surface area contributed by atoms with Gasteiger partial charge < -0.3 is 10.1 Å². The van der Waals surface area contributed by atoms with Crippen molar-refractivity contribution in [3.05, 3.63) is 53.1 Å². The van der Waals surface area contributed by atoms with Crippen LogP contribution in [-0.2, 0) is 0 Å². The summed E-state index contributed by atoms with van der Waals surface area (Å²) in [5.74, 6) is -0.668. The molecule has 98 valence electrons. The van der Waals surface area contributed by atoms with Gasteiger partial charge in [0.15, 0.2) is 0 Å². The maximum Gasteiger partial charge on any atom is 0.274 e. The van der Waals surface area contributed by atoms with Crippen LogP contribution in [0.3, 0.4) is 0 Å². The molecule has 1 heterocycles. The van der Waals surface area contributed by atoms with Crippen molar-refractivity contribution >= 4 is 23.2 Å². The van der Waals surface area contributed by atoms with Crippen molar-refractivity contribution < 1.29 is 13.9 Å². The highest BCUT2D eigenvalue weighted by molar-refractivity contribution is 6.30. The number of carbonyl (C=O) groups excluding carboxylic acids is 1. The summed E-state index contributed by atoms with van der Waals surface area (Å²) in [5, 5.41) is 2.99. The third kappa shape index (κ3) is 3.20. The van der Waals surface area contributed by atoms with Crippen LogP contribution in [-0.4, -0.2) is 18.0 Å². The summed E-state index contributed by atoms with van der Waals surface area (Å²) in [7, 11) is 1.39. The molecule has 4 nitrogen and oxygen atoms in total. The quantitative estimate of drug-likeness (QED) is 0.940. The molecule has 0 bridgehead atoms. The van der Waals surface area contributed by atoms with Gasteiger partial charge in [0, 0.05) is 17.3 Å². The summed E-state index contributed by atoms with van der Waals surface area (Å²) in [6, 6.07) is 6.82. The van der Waals surface area contributed by atoms with Gasteiger partial charge in [0.25, 0.3) is 5.91 Å². The Morgan fingerprint density at radius 2 is 2.16 bits per heavy atom. The highest BCUT2D eigenvalue weighted by Crippen LogP contribution is 2.25. The van der Waals surface area contributed by atoms with Gasteiger partial charge in [-0.05, 0) is 24.3 Å². The van der Waals surface area contributed by atoms with Gasteiger partial charge in [-0.2, -0.15) is 0 Å². The van der Waals surface area contributed by atoms with Crippen LogP contribution in [0.25, 0.3) is 0 Å². The predicted octanol–water partition coefficient (Wildman–Crippen LogP) is 3.14. The van der Waals surface area contributed by atoms with Gasteiger partial charge in [-0.25, -0.2) is 4.39 Å².